The standard InChI is InChI=1S/C17H18ClN5O/c1-3-5-8-17(21-22-17)9-10-19-16(24)15-13(4-2)20-14-7-6-12(18)11-23(14)15/h1,6-7,11H,4-5,8-10H2,2H3,(H,19,24). The number of aryl methyl sites for hydroxylation is 1. The number of terminal acetylenes is 1. The minimum atomic E-state index is -0.393. The van der Waals surface area contributed by atoms with Gasteiger partial charge in [-0.25, -0.2) is 4.98 Å². The normalized spacial score (nSPS) is 14.5. The van der Waals surface area contributed by atoms with E-state index in [4.69, 9.17) is 18.0 Å². The Labute approximate surface area is 145 Å². The highest BCUT2D eigenvalue weighted by Gasteiger charge is 2.38. The fraction of sp³-hybridized carbons (Fsp3) is 0.412. The molecule has 124 valence electrons. The number of hydrogen-bond acceptors (Lipinski definition) is 4. The molecule has 0 fully saturated rings. The van der Waals surface area contributed by atoms with Gasteiger partial charge in [0.05, 0.1) is 10.7 Å². The quantitative estimate of drug-likeness (QED) is 0.784. The molecule has 0 unspecified atom stereocenters. The van der Waals surface area contributed by atoms with E-state index in [1.807, 2.05) is 6.92 Å². The summed E-state index contributed by atoms with van der Waals surface area (Å²) in [6, 6.07) is 3.56. The van der Waals surface area contributed by atoms with E-state index < -0.39 is 5.66 Å². The van der Waals surface area contributed by atoms with Crippen LogP contribution in [0.2, 0.25) is 5.02 Å². The molecule has 3 rings (SSSR count). The van der Waals surface area contributed by atoms with Crippen molar-refractivity contribution in [2.75, 3.05) is 6.54 Å². The highest BCUT2D eigenvalue weighted by Crippen LogP contribution is 2.36. The predicted octanol–water partition coefficient (Wildman–Crippen LogP) is 3.25. The second-order valence-corrected chi connectivity index (χ2v) is 6.17. The lowest BCUT2D eigenvalue weighted by molar-refractivity contribution is 0.0945. The Kier molecular flexibility index (Phi) is 4.54. The summed E-state index contributed by atoms with van der Waals surface area (Å²) in [6.07, 6.45) is 9.66. The maximum absolute atomic E-state index is 12.6. The van der Waals surface area contributed by atoms with Crippen molar-refractivity contribution in [3.8, 4) is 12.3 Å². The van der Waals surface area contributed by atoms with E-state index in [2.05, 4.69) is 26.4 Å². The number of imidazole rings is 1. The van der Waals surface area contributed by atoms with Crippen molar-refractivity contribution in [3.05, 3.63) is 34.7 Å². The summed E-state index contributed by atoms with van der Waals surface area (Å²) in [6.45, 7) is 2.45. The van der Waals surface area contributed by atoms with Crippen molar-refractivity contribution < 1.29 is 4.79 Å². The number of aromatic nitrogens is 2. The van der Waals surface area contributed by atoms with Crippen molar-refractivity contribution in [2.24, 2.45) is 10.2 Å². The summed E-state index contributed by atoms with van der Waals surface area (Å²) in [5.74, 6) is 2.42. The van der Waals surface area contributed by atoms with Crippen molar-refractivity contribution in [3.63, 3.8) is 0 Å². The first kappa shape index (κ1) is 16.5. The van der Waals surface area contributed by atoms with E-state index in [9.17, 15) is 4.79 Å². The molecular formula is C17H18ClN5O. The Morgan fingerprint density at radius 1 is 1.42 bits per heavy atom. The molecule has 24 heavy (non-hydrogen) atoms. The van der Waals surface area contributed by atoms with Crippen LogP contribution in [0.1, 0.15) is 42.4 Å². The zero-order chi connectivity index (χ0) is 17.2. The molecule has 6 nitrogen and oxygen atoms in total. The fourth-order valence-electron chi connectivity index (χ4n) is 2.68. The number of rotatable bonds is 7. The largest absolute Gasteiger partial charge is 0.351 e. The van der Waals surface area contributed by atoms with Gasteiger partial charge in [-0.15, -0.1) is 12.3 Å². The van der Waals surface area contributed by atoms with E-state index in [-0.39, 0.29) is 5.91 Å². The molecule has 2 aromatic rings. The molecule has 0 saturated carbocycles. The van der Waals surface area contributed by atoms with Crippen LogP contribution in [-0.2, 0) is 6.42 Å². The van der Waals surface area contributed by atoms with Gasteiger partial charge in [-0.1, -0.05) is 18.5 Å². The Morgan fingerprint density at radius 3 is 2.88 bits per heavy atom. The van der Waals surface area contributed by atoms with E-state index in [0.29, 0.717) is 42.2 Å². The van der Waals surface area contributed by atoms with E-state index in [1.165, 1.54) is 0 Å². The number of carbonyl (C=O) groups is 1. The SMILES string of the molecule is C#CCCC1(CCNC(=O)c2c(CC)nc3ccc(Cl)cn23)N=N1. The molecule has 0 spiro atoms. The number of pyridine rings is 1. The Balaban J connectivity index is 1.70. The highest BCUT2D eigenvalue weighted by atomic mass is 35.5. The second-order valence-electron chi connectivity index (χ2n) is 5.73. The molecule has 1 N–H and O–H groups in total. The summed E-state index contributed by atoms with van der Waals surface area (Å²) in [5, 5.41) is 11.6. The lowest BCUT2D eigenvalue weighted by Crippen LogP contribution is -2.29. The number of hydrogen-bond donors (Lipinski definition) is 1. The molecule has 0 aliphatic carbocycles. The molecule has 0 radical (unpaired) electrons. The smallest absolute Gasteiger partial charge is 0.270 e. The van der Waals surface area contributed by atoms with Gasteiger partial charge in [0.1, 0.15) is 11.3 Å². The Hall–Kier alpha value is -2.39. The first-order valence-electron chi connectivity index (χ1n) is 7.91. The molecule has 1 amide bonds. The van der Waals surface area contributed by atoms with Gasteiger partial charge in [0, 0.05) is 32.0 Å². The minimum absolute atomic E-state index is 0.172. The van der Waals surface area contributed by atoms with Gasteiger partial charge in [0.25, 0.3) is 5.91 Å². The molecule has 3 heterocycles. The van der Waals surface area contributed by atoms with Crippen molar-refractivity contribution >= 4 is 23.2 Å². The van der Waals surface area contributed by atoms with Gasteiger partial charge < -0.3 is 5.32 Å². The summed E-state index contributed by atoms with van der Waals surface area (Å²) < 4.78 is 1.73. The van der Waals surface area contributed by atoms with E-state index in [0.717, 1.165) is 12.1 Å². The summed E-state index contributed by atoms with van der Waals surface area (Å²) in [7, 11) is 0. The van der Waals surface area contributed by atoms with Crippen LogP contribution in [-0.4, -0.2) is 27.5 Å². The lowest BCUT2D eigenvalue weighted by atomic mass is 10.0. The Bertz CT molecular complexity index is 843. The molecular weight excluding hydrogens is 326 g/mol. The number of nitrogens with zero attached hydrogens (tertiary/aromatic N) is 4. The third-order valence-electron chi connectivity index (χ3n) is 4.07. The van der Waals surface area contributed by atoms with Crippen molar-refractivity contribution in [1.29, 1.82) is 0 Å². The van der Waals surface area contributed by atoms with Gasteiger partial charge in [-0.05, 0) is 18.6 Å². The highest BCUT2D eigenvalue weighted by molar-refractivity contribution is 6.30. The third-order valence-corrected chi connectivity index (χ3v) is 4.29. The number of halogens is 1. The van der Waals surface area contributed by atoms with E-state index >= 15 is 0 Å². The average Bonchev–Trinajstić information content (AvgIpc) is 3.24. The van der Waals surface area contributed by atoms with Gasteiger partial charge in [-0.3, -0.25) is 9.20 Å². The molecule has 7 heteroatoms. The molecule has 0 aromatic carbocycles. The average molecular weight is 344 g/mol. The number of nitrogens with one attached hydrogen (secondary N) is 1. The zero-order valence-electron chi connectivity index (χ0n) is 13.4. The van der Waals surface area contributed by atoms with Gasteiger partial charge in [0.2, 0.25) is 0 Å². The monoisotopic (exact) mass is 343 g/mol. The summed E-state index contributed by atoms with van der Waals surface area (Å²) in [4.78, 5) is 17.1. The van der Waals surface area contributed by atoms with Crippen LogP contribution in [0, 0.1) is 12.3 Å². The maximum Gasteiger partial charge on any atom is 0.270 e. The minimum Gasteiger partial charge on any atom is -0.351 e. The summed E-state index contributed by atoms with van der Waals surface area (Å²) >= 11 is 6.05. The fourth-order valence-corrected chi connectivity index (χ4v) is 2.84. The Morgan fingerprint density at radius 2 is 2.21 bits per heavy atom. The lowest BCUT2D eigenvalue weighted by Gasteiger charge is -2.10. The van der Waals surface area contributed by atoms with Crippen LogP contribution < -0.4 is 5.32 Å². The van der Waals surface area contributed by atoms with Crippen molar-refractivity contribution in [2.45, 2.75) is 38.3 Å². The van der Waals surface area contributed by atoms with Crippen LogP contribution in [0.4, 0.5) is 0 Å². The van der Waals surface area contributed by atoms with Crippen LogP contribution >= 0.6 is 11.6 Å². The second kappa shape index (κ2) is 6.62. The molecule has 0 bridgehead atoms. The van der Waals surface area contributed by atoms with Crippen LogP contribution in [0.25, 0.3) is 5.65 Å². The maximum atomic E-state index is 12.6. The van der Waals surface area contributed by atoms with Crippen molar-refractivity contribution in [1.82, 2.24) is 14.7 Å². The van der Waals surface area contributed by atoms with Gasteiger partial charge in [0.15, 0.2) is 5.66 Å². The van der Waals surface area contributed by atoms with Gasteiger partial charge in [-0.2, -0.15) is 10.2 Å². The number of carbonyl (C=O) groups excluding carboxylic acids is 1. The zero-order valence-corrected chi connectivity index (χ0v) is 14.2. The first-order valence-corrected chi connectivity index (χ1v) is 8.28. The van der Waals surface area contributed by atoms with E-state index in [1.54, 1.807) is 22.7 Å². The number of fused-ring (bicyclic) bond motifs is 1. The topological polar surface area (TPSA) is 71.1 Å². The number of amides is 1. The van der Waals surface area contributed by atoms with Gasteiger partial charge >= 0.3 is 0 Å². The van der Waals surface area contributed by atoms with Crippen LogP contribution in [0.5, 0.6) is 0 Å². The molecule has 2 aromatic heterocycles. The first-order chi connectivity index (χ1) is 11.6. The molecule has 1 aliphatic heterocycles. The predicted molar refractivity (Wildman–Crippen MR) is 92.2 cm³/mol. The molecule has 0 atom stereocenters. The molecule has 0 saturated heterocycles. The van der Waals surface area contributed by atoms with Crippen LogP contribution in [0.3, 0.4) is 0 Å². The molecule has 1 aliphatic rings. The van der Waals surface area contributed by atoms with Crippen LogP contribution in [0.15, 0.2) is 28.6 Å². The summed E-state index contributed by atoms with van der Waals surface area (Å²) in [5.41, 5.74) is 1.59. The third kappa shape index (κ3) is 3.26.